The fraction of sp³-hybridized carbons (Fsp3) is 0.600. The molecule has 1 aromatic carbocycles. The van der Waals surface area contributed by atoms with E-state index in [0.717, 1.165) is 18.4 Å². The van der Waals surface area contributed by atoms with Crippen LogP contribution in [-0.2, 0) is 0 Å². The Morgan fingerprint density at radius 1 is 1.10 bits per heavy atom. The predicted molar refractivity (Wildman–Crippen MR) is 76.4 cm³/mol. The topological polar surface area (TPSA) is 73.9 Å². The van der Waals surface area contributed by atoms with E-state index in [9.17, 15) is 5.11 Å². The predicted octanol–water partition coefficient (Wildman–Crippen LogP) is 1.87. The highest BCUT2D eigenvalue weighted by molar-refractivity contribution is 5.54. The van der Waals surface area contributed by atoms with Gasteiger partial charge in [-0.05, 0) is 36.5 Å². The van der Waals surface area contributed by atoms with Gasteiger partial charge in [0.15, 0.2) is 11.5 Å². The fourth-order valence-corrected chi connectivity index (χ4v) is 2.57. The van der Waals surface area contributed by atoms with E-state index in [1.807, 2.05) is 0 Å². The molecule has 3 N–H and O–H groups in total. The lowest BCUT2D eigenvalue weighted by Crippen LogP contribution is -2.36. The summed E-state index contributed by atoms with van der Waals surface area (Å²) in [4.78, 5) is 0. The molecule has 0 amide bonds. The molecule has 0 radical (unpaired) electrons. The molecule has 0 bridgehead atoms. The zero-order chi connectivity index (χ0) is 14.7. The molecule has 0 aromatic heterocycles. The monoisotopic (exact) mass is 281 g/mol. The highest BCUT2D eigenvalue weighted by atomic mass is 16.5. The molecule has 0 aliphatic heterocycles. The molecule has 5 nitrogen and oxygen atoms in total. The molecule has 2 atom stereocenters. The maximum atomic E-state index is 10.3. The maximum Gasteiger partial charge on any atom is 0.203 e. The van der Waals surface area contributed by atoms with Crippen molar-refractivity contribution >= 4 is 0 Å². The van der Waals surface area contributed by atoms with E-state index in [0.29, 0.717) is 23.2 Å². The Morgan fingerprint density at radius 3 is 2.00 bits per heavy atom. The van der Waals surface area contributed by atoms with E-state index in [-0.39, 0.29) is 0 Å². The Morgan fingerprint density at radius 2 is 1.65 bits per heavy atom. The van der Waals surface area contributed by atoms with E-state index in [1.165, 1.54) is 6.42 Å². The molecule has 5 heteroatoms. The first kappa shape index (κ1) is 14.9. The van der Waals surface area contributed by atoms with Gasteiger partial charge in [0.25, 0.3) is 0 Å². The van der Waals surface area contributed by atoms with Gasteiger partial charge in [-0.2, -0.15) is 0 Å². The summed E-state index contributed by atoms with van der Waals surface area (Å²) < 4.78 is 15.9. The Bertz CT molecular complexity index is 434. The average molecular weight is 281 g/mol. The van der Waals surface area contributed by atoms with Gasteiger partial charge in [-0.1, -0.05) is 6.42 Å². The van der Waals surface area contributed by atoms with Gasteiger partial charge in [-0.3, -0.25) is 0 Å². The van der Waals surface area contributed by atoms with Gasteiger partial charge in [0.2, 0.25) is 5.75 Å². The number of nitrogens with two attached hydrogens (primary N) is 1. The Kier molecular flexibility index (Phi) is 4.73. The number of rotatable bonds is 6. The van der Waals surface area contributed by atoms with Gasteiger partial charge >= 0.3 is 0 Å². The van der Waals surface area contributed by atoms with Crippen molar-refractivity contribution in [3.63, 3.8) is 0 Å². The van der Waals surface area contributed by atoms with E-state index in [4.69, 9.17) is 19.9 Å². The molecule has 2 rings (SSSR count). The van der Waals surface area contributed by atoms with Crippen molar-refractivity contribution in [2.24, 2.45) is 11.7 Å². The van der Waals surface area contributed by atoms with Crippen molar-refractivity contribution in [2.45, 2.75) is 31.4 Å². The lowest BCUT2D eigenvalue weighted by molar-refractivity contribution is 0.0412. The summed E-state index contributed by atoms with van der Waals surface area (Å²) >= 11 is 0. The van der Waals surface area contributed by atoms with Crippen LogP contribution >= 0.6 is 0 Å². The summed E-state index contributed by atoms with van der Waals surface area (Å²) in [5.41, 5.74) is 6.98. The number of hydrogen-bond donors (Lipinski definition) is 2. The first-order chi connectivity index (χ1) is 9.62. The minimum absolute atomic E-state index is 0.295. The molecule has 1 aliphatic carbocycles. The number of ether oxygens (including phenoxy) is 3. The standard InChI is InChI=1S/C15H23NO4/c1-18-11-7-10(8-12(19-2)15(11)20-3)13(16)14(17)9-5-4-6-9/h7-9,13-14,17H,4-6,16H2,1-3H3/t13-,14+/m0/s1. The van der Waals surface area contributed by atoms with Gasteiger partial charge in [0.05, 0.1) is 33.5 Å². The minimum atomic E-state index is -0.536. The Balaban J connectivity index is 2.30. The number of methoxy groups -OCH3 is 3. The SMILES string of the molecule is COc1cc([C@H](N)[C@H](O)C2CCC2)cc(OC)c1OC. The van der Waals surface area contributed by atoms with Crippen molar-refractivity contribution in [3.05, 3.63) is 17.7 Å². The molecule has 1 aliphatic rings. The molecule has 0 unspecified atom stereocenters. The quantitative estimate of drug-likeness (QED) is 0.832. The number of hydrogen-bond acceptors (Lipinski definition) is 5. The first-order valence-corrected chi connectivity index (χ1v) is 6.86. The van der Waals surface area contributed by atoms with Gasteiger partial charge in [0.1, 0.15) is 0 Å². The minimum Gasteiger partial charge on any atom is -0.493 e. The third-order valence-corrected chi connectivity index (χ3v) is 4.07. The van der Waals surface area contributed by atoms with Crippen molar-refractivity contribution in [2.75, 3.05) is 21.3 Å². The van der Waals surface area contributed by atoms with E-state index in [2.05, 4.69) is 0 Å². The number of benzene rings is 1. The van der Waals surface area contributed by atoms with Crippen LogP contribution in [0.4, 0.5) is 0 Å². The van der Waals surface area contributed by atoms with Crippen LogP contribution in [0.25, 0.3) is 0 Å². The molecule has 20 heavy (non-hydrogen) atoms. The molecular weight excluding hydrogens is 258 g/mol. The lowest BCUT2D eigenvalue weighted by atomic mass is 9.77. The van der Waals surface area contributed by atoms with Gasteiger partial charge in [-0.25, -0.2) is 0 Å². The van der Waals surface area contributed by atoms with Crippen LogP contribution in [0.3, 0.4) is 0 Å². The normalized spacial score (nSPS) is 18.1. The zero-order valence-electron chi connectivity index (χ0n) is 12.3. The third-order valence-electron chi connectivity index (χ3n) is 4.07. The van der Waals surface area contributed by atoms with Crippen molar-refractivity contribution in [1.82, 2.24) is 0 Å². The van der Waals surface area contributed by atoms with Crippen molar-refractivity contribution in [3.8, 4) is 17.2 Å². The van der Waals surface area contributed by atoms with Gasteiger partial charge < -0.3 is 25.1 Å². The van der Waals surface area contributed by atoms with E-state index < -0.39 is 12.1 Å². The summed E-state index contributed by atoms with van der Waals surface area (Å²) in [7, 11) is 4.69. The fourth-order valence-electron chi connectivity index (χ4n) is 2.57. The van der Waals surface area contributed by atoms with Crippen LogP contribution < -0.4 is 19.9 Å². The average Bonchev–Trinajstić information content (AvgIpc) is 2.42. The van der Waals surface area contributed by atoms with Gasteiger partial charge in [0, 0.05) is 0 Å². The smallest absolute Gasteiger partial charge is 0.203 e. The van der Waals surface area contributed by atoms with Crippen LogP contribution in [-0.4, -0.2) is 32.5 Å². The number of aliphatic hydroxyl groups excluding tert-OH is 1. The summed E-state index contributed by atoms with van der Waals surface area (Å²) in [5.74, 6) is 1.93. The summed E-state index contributed by atoms with van der Waals surface area (Å²) in [6.07, 6.45) is 2.72. The summed E-state index contributed by atoms with van der Waals surface area (Å²) in [6, 6.07) is 3.15. The molecule has 1 aromatic rings. The van der Waals surface area contributed by atoms with Crippen LogP contribution in [0.2, 0.25) is 0 Å². The third kappa shape index (κ3) is 2.69. The molecule has 1 fully saturated rings. The molecular formula is C15H23NO4. The molecule has 0 saturated heterocycles. The Hall–Kier alpha value is -1.46. The highest BCUT2D eigenvalue weighted by Crippen LogP contribution is 2.41. The lowest BCUT2D eigenvalue weighted by Gasteiger charge is -2.34. The molecule has 0 spiro atoms. The second-order valence-electron chi connectivity index (χ2n) is 5.17. The van der Waals surface area contributed by atoms with E-state index >= 15 is 0 Å². The van der Waals surface area contributed by atoms with Crippen LogP contribution in [0, 0.1) is 5.92 Å². The molecule has 0 heterocycles. The first-order valence-electron chi connectivity index (χ1n) is 6.86. The second-order valence-corrected chi connectivity index (χ2v) is 5.17. The van der Waals surface area contributed by atoms with Gasteiger partial charge in [-0.15, -0.1) is 0 Å². The summed E-state index contributed by atoms with van der Waals surface area (Å²) in [5, 5.41) is 10.3. The molecule has 1 saturated carbocycles. The van der Waals surface area contributed by atoms with E-state index in [1.54, 1.807) is 33.5 Å². The summed E-state index contributed by atoms with van der Waals surface area (Å²) in [6.45, 7) is 0. The van der Waals surface area contributed by atoms with Crippen molar-refractivity contribution in [1.29, 1.82) is 0 Å². The van der Waals surface area contributed by atoms with Crippen LogP contribution in [0.15, 0.2) is 12.1 Å². The van der Waals surface area contributed by atoms with Crippen LogP contribution in [0.5, 0.6) is 17.2 Å². The van der Waals surface area contributed by atoms with Crippen molar-refractivity contribution < 1.29 is 19.3 Å². The molecule has 112 valence electrons. The number of aliphatic hydroxyl groups is 1. The van der Waals surface area contributed by atoms with Crippen LogP contribution in [0.1, 0.15) is 30.9 Å². The zero-order valence-corrected chi connectivity index (χ0v) is 12.3. The highest BCUT2D eigenvalue weighted by Gasteiger charge is 2.31. The maximum absolute atomic E-state index is 10.3. The largest absolute Gasteiger partial charge is 0.493 e. The second kappa shape index (κ2) is 6.33. The Labute approximate surface area is 119 Å².